The number of likely N-dealkylation sites (N-methyl/N-ethyl adjacent to an activating group) is 1. The molecule has 0 bridgehead atoms. The van der Waals surface area contributed by atoms with E-state index in [1.165, 1.54) is 0 Å². The van der Waals surface area contributed by atoms with Crippen LogP contribution in [0.1, 0.15) is 22.8 Å². The van der Waals surface area contributed by atoms with Gasteiger partial charge in [-0.2, -0.15) is 0 Å². The number of piperazine rings is 1. The third kappa shape index (κ3) is 5.38. The summed E-state index contributed by atoms with van der Waals surface area (Å²) in [5, 5.41) is 9.76. The van der Waals surface area contributed by atoms with Gasteiger partial charge in [-0.1, -0.05) is 49.0 Å². The number of ether oxygens (including phenoxy) is 1. The fraction of sp³-hybridized carbons (Fsp3) is 0.286. The SMILES string of the molecule is CCN1CCN(C(=O)c2ccccc2CSc2nnc(-c3cccnc3)n2-c2ccccc2OC)CC1. The zero-order valence-electron chi connectivity index (χ0n) is 21.1. The molecule has 0 saturated carbocycles. The Hall–Kier alpha value is -3.69. The summed E-state index contributed by atoms with van der Waals surface area (Å²) in [6, 6.07) is 19.5. The molecule has 5 rings (SSSR count). The van der Waals surface area contributed by atoms with Gasteiger partial charge in [-0.25, -0.2) is 0 Å². The van der Waals surface area contributed by atoms with Crippen LogP contribution in [0, 0.1) is 0 Å². The lowest BCUT2D eigenvalue weighted by atomic mass is 10.1. The normalized spacial score (nSPS) is 14.1. The van der Waals surface area contributed by atoms with Crippen LogP contribution in [0.5, 0.6) is 5.75 Å². The van der Waals surface area contributed by atoms with Gasteiger partial charge in [0.2, 0.25) is 0 Å². The molecule has 3 heterocycles. The molecule has 1 aliphatic heterocycles. The van der Waals surface area contributed by atoms with Gasteiger partial charge < -0.3 is 14.5 Å². The first-order valence-corrected chi connectivity index (χ1v) is 13.4. The Kier molecular flexibility index (Phi) is 7.82. The summed E-state index contributed by atoms with van der Waals surface area (Å²) in [6.45, 7) is 6.52. The van der Waals surface area contributed by atoms with Crippen LogP contribution >= 0.6 is 11.8 Å². The van der Waals surface area contributed by atoms with Crippen molar-refractivity contribution >= 4 is 17.7 Å². The van der Waals surface area contributed by atoms with E-state index >= 15 is 0 Å². The van der Waals surface area contributed by atoms with Crippen LogP contribution in [0.3, 0.4) is 0 Å². The Labute approximate surface area is 221 Å². The molecule has 1 fully saturated rings. The zero-order chi connectivity index (χ0) is 25.6. The van der Waals surface area contributed by atoms with Crippen molar-refractivity contribution in [2.75, 3.05) is 39.8 Å². The minimum atomic E-state index is 0.0918. The van der Waals surface area contributed by atoms with Crippen molar-refractivity contribution in [1.82, 2.24) is 29.5 Å². The number of methoxy groups -OCH3 is 1. The summed E-state index contributed by atoms with van der Waals surface area (Å²) in [7, 11) is 1.65. The first-order chi connectivity index (χ1) is 18.2. The van der Waals surface area contributed by atoms with Crippen molar-refractivity contribution in [1.29, 1.82) is 0 Å². The fourth-order valence-electron chi connectivity index (χ4n) is 4.51. The molecule has 1 aliphatic rings. The summed E-state index contributed by atoms with van der Waals surface area (Å²) in [4.78, 5) is 22.0. The van der Waals surface area contributed by atoms with E-state index in [1.807, 2.05) is 70.1 Å². The Morgan fingerprint density at radius 1 is 0.973 bits per heavy atom. The van der Waals surface area contributed by atoms with Gasteiger partial charge in [0.05, 0.1) is 12.8 Å². The van der Waals surface area contributed by atoms with E-state index in [-0.39, 0.29) is 5.91 Å². The number of pyridine rings is 1. The number of carbonyl (C=O) groups excluding carboxylic acids is 1. The maximum Gasteiger partial charge on any atom is 0.254 e. The summed E-state index contributed by atoms with van der Waals surface area (Å²) in [5.74, 6) is 2.07. The van der Waals surface area contributed by atoms with Crippen LogP contribution in [0.4, 0.5) is 0 Å². The highest BCUT2D eigenvalue weighted by Crippen LogP contribution is 2.34. The Bertz CT molecular complexity index is 1350. The Balaban J connectivity index is 1.44. The van der Waals surface area contributed by atoms with Crippen LogP contribution in [-0.4, -0.2) is 75.3 Å². The van der Waals surface area contributed by atoms with Gasteiger partial charge in [0, 0.05) is 55.5 Å². The molecule has 4 aromatic rings. The van der Waals surface area contributed by atoms with E-state index < -0.39 is 0 Å². The topological polar surface area (TPSA) is 76.4 Å². The van der Waals surface area contributed by atoms with Gasteiger partial charge in [0.25, 0.3) is 5.91 Å². The molecule has 0 N–H and O–H groups in total. The predicted octanol–water partition coefficient (Wildman–Crippen LogP) is 4.41. The largest absolute Gasteiger partial charge is 0.495 e. The van der Waals surface area contributed by atoms with E-state index in [1.54, 1.807) is 31.3 Å². The lowest BCUT2D eigenvalue weighted by molar-refractivity contribution is 0.0642. The van der Waals surface area contributed by atoms with E-state index in [2.05, 4.69) is 27.0 Å². The zero-order valence-corrected chi connectivity index (χ0v) is 21.9. The van der Waals surface area contributed by atoms with Gasteiger partial charge in [-0.15, -0.1) is 10.2 Å². The molecule has 2 aromatic heterocycles. The van der Waals surface area contributed by atoms with Gasteiger partial charge in [-0.3, -0.25) is 14.3 Å². The van der Waals surface area contributed by atoms with Crippen LogP contribution in [0.15, 0.2) is 78.2 Å². The molecule has 0 spiro atoms. The Morgan fingerprint density at radius 2 is 1.76 bits per heavy atom. The second kappa shape index (κ2) is 11.6. The first kappa shape index (κ1) is 25.0. The monoisotopic (exact) mass is 514 g/mol. The highest BCUT2D eigenvalue weighted by Gasteiger charge is 2.24. The highest BCUT2D eigenvalue weighted by atomic mass is 32.2. The summed E-state index contributed by atoms with van der Waals surface area (Å²) in [6.07, 6.45) is 3.51. The number of para-hydroxylation sites is 2. The molecule has 1 amide bonds. The fourth-order valence-corrected chi connectivity index (χ4v) is 5.46. The van der Waals surface area contributed by atoms with E-state index in [9.17, 15) is 4.79 Å². The molecule has 8 nitrogen and oxygen atoms in total. The van der Waals surface area contributed by atoms with Crippen molar-refractivity contribution in [2.45, 2.75) is 17.8 Å². The lowest BCUT2D eigenvalue weighted by Crippen LogP contribution is -2.48. The number of thioether (sulfide) groups is 1. The summed E-state index contributed by atoms with van der Waals surface area (Å²) >= 11 is 1.55. The second-order valence-corrected chi connectivity index (χ2v) is 9.67. The van der Waals surface area contributed by atoms with Gasteiger partial charge in [-0.05, 0) is 42.4 Å². The summed E-state index contributed by atoms with van der Waals surface area (Å²) in [5.41, 5.74) is 3.42. The van der Waals surface area contributed by atoms with Crippen LogP contribution in [0.2, 0.25) is 0 Å². The van der Waals surface area contributed by atoms with Crippen molar-refractivity contribution in [3.05, 3.63) is 84.2 Å². The maximum atomic E-state index is 13.4. The molecule has 0 radical (unpaired) electrons. The number of carbonyl (C=O) groups is 1. The molecule has 0 unspecified atom stereocenters. The van der Waals surface area contributed by atoms with Crippen molar-refractivity contribution in [3.63, 3.8) is 0 Å². The smallest absolute Gasteiger partial charge is 0.254 e. The number of amides is 1. The first-order valence-electron chi connectivity index (χ1n) is 12.4. The molecular formula is C28H30N6O2S. The highest BCUT2D eigenvalue weighted by molar-refractivity contribution is 7.98. The van der Waals surface area contributed by atoms with Gasteiger partial charge in [0.1, 0.15) is 5.75 Å². The van der Waals surface area contributed by atoms with Crippen molar-refractivity contribution in [3.8, 4) is 22.8 Å². The molecule has 0 atom stereocenters. The average molecular weight is 515 g/mol. The van der Waals surface area contributed by atoms with E-state index in [0.717, 1.165) is 60.9 Å². The molecule has 9 heteroatoms. The minimum Gasteiger partial charge on any atom is -0.495 e. The quantitative estimate of drug-likeness (QED) is 0.323. The van der Waals surface area contributed by atoms with Gasteiger partial charge >= 0.3 is 0 Å². The van der Waals surface area contributed by atoms with Crippen molar-refractivity contribution < 1.29 is 9.53 Å². The number of aromatic nitrogens is 4. The maximum absolute atomic E-state index is 13.4. The number of nitrogens with zero attached hydrogens (tertiary/aromatic N) is 6. The Morgan fingerprint density at radius 3 is 2.51 bits per heavy atom. The van der Waals surface area contributed by atoms with Gasteiger partial charge in [0.15, 0.2) is 11.0 Å². The minimum absolute atomic E-state index is 0.0918. The number of benzene rings is 2. The molecule has 2 aromatic carbocycles. The number of hydrogen-bond donors (Lipinski definition) is 0. The van der Waals surface area contributed by atoms with Crippen LogP contribution in [-0.2, 0) is 5.75 Å². The predicted molar refractivity (Wildman–Crippen MR) is 145 cm³/mol. The lowest BCUT2D eigenvalue weighted by Gasteiger charge is -2.34. The average Bonchev–Trinajstić information content (AvgIpc) is 3.40. The standard InChI is InChI=1S/C28H30N6O2S/c1-3-32-15-17-33(18-16-32)27(35)23-11-5-4-9-22(23)20-37-28-31-30-26(21-10-8-14-29-19-21)34(28)24-12-6-7-13-25(24)36-2/h4-14,19H,3,15-18,20H2,1-2H3. The third-order valence-electron chi connectivity index (χ3n) is 6.59. The van der Waals surface area contributed by atoms with E-state index in [4.69, 9.17) is 4.74 Å². The van der Waals surface area contributed by atoms with Crippen LogP contribution < -0.4 is 4.74 Å². The second-order valence-electron chi connectivity index (χ2n) is 8.73. The number of rotatable bonds is 8. The third-order valence-corrected chi connectivity index (χ3v) is 7.57. The van der Waals surface area contributed by atoms with Crippen molar-refractivity contribution in [2.24, 2.45) is 0 Å². The number of hydrogen-bond acceptors (Lipinski definition) is 7. The molecule has 190 valence electrons. The molecule has 0 aliphatic carbocycles. The van der Waals surface area contributed by atoms with Crippen LogP contribution in [0.25, 0.3) is 17.1 Å². The molecular weight excluding hydrogens is 484 g/mol. The molecule has 37 heavy (non-hydrogen) atoms. The van der Waals surface area contributed by atoms with E-state index in [0.29, 0.717) is 16.7 Å². The molecule has 1 saturated heterocycles. The summed E-state index contributed by atoms with van der Waals surface area (Å²) < 4.78 is 7.65.